The molecule has 2 nitrogen and oxygen atoms in total. The molecule has 2 heteroatoms. The van der Waals surface area contributed by atoms with E-state index in [2.05, 4.69) is 50.2 Å². The zero-order chi connectivity index (χ0) is 10.6. The molecule has 1 aliphatic heterocycles. The molecule has 0 aromatic carbocycles. The summed E-state index contributed by atoms with van der Waals surface area (Å²) >= 11 is 0. The summed E-state index contributed by atoms with van der Waals surface area (Å²) in [6.45, 7) is 10.1. The van der Waals surface area contributed by atoms with E-state index in [0.717, 1.165) is 19.6 Å². The molecule has 0 spiro atoms. The van der Waals surface area contributed by atoms with Crippen molar-refractivity contribution >= 4 is 0 Å². The van der Waals surface area contributed by atoms with Crippen LogP contribution < -0.4 is 5.32 Å². The average Bonchev–Trinajstić information content (AvgIpc) is 2.42. The molecular formula is C12H24N2. The Hall–Kier alpha value is -0.340. The maximum atomic E-state index is 3.59. The Labute approximate surface area is 88.4 Å². The molecule has 0 saturated carbocycles. The normalized spacial score (nSPS) is 26.5. The van der Waals surface area contributed by atoms with Crippen LogP contribution >= 0.6 is 0 Å². The van der Waals surface area contributed by atoms with Crippen molar-refractivity contribution in [2.75, 3.05) is 26.7 Å². The molecular weight excluding hydrogens is 172 g/mol. The molecule has 1 rings (SSSR count). The first-order valence-corrected chi connectivity index (χ1v) is 5.56. The third-order valence-corrected chi connectivity index (χ3v) is 2.85. The summed E-state index contributed by atoms with van der Waals surface area (Å²) < 4.78 is 0. The number of allylic oxidation sites excluding steroid dienone is 1. The molecule has 82 valence electrons. The highest BCUT2D eigenvalue weighted by Gasteiger charge is 2.30. The Morgan fingerprint density at radius 1 is 1.50 bits per heavy atom. The minimum Gasteiger partial charge on any atom is -0.312 e. The van der Waals surface area contributed by atoms with E-state index in [1.54, 1.807) is 0 Å². The van der Waals surface area contributed by atoms with Crippen LogP contribution in [0.4, 0.5) is 0 Å². The maximum Gasteiger partial charge on any atom is 0.0200 e. The predicted octanol–water partition coefficient (Wildman–Crippen LogP) is 1.88. The van der Waals surface area contributed by atoms with Crippen molar-refractivity contribution in [2.24, 2.45) is 5.41 Å². The van der Waals surface area contributed by atoms with Crippen LogP contribution in [0.5, 0.6) is 0 Å². The molecule has 1 fully saturated rings. The van der Waals surface area contributed by atoms with E-state index < -0.39 is 0 Å². The summed E-state index contributed by atoms with van der Waals surface area (Å²) in [5.74, 6) is 0. The predicted molar refractivity (Wildman–Crippen MR) is 62.5 cm³/mol. The largest absolute Gasteiger partial charge is 0.312 e. The van der Waals surface area contributed by atoms with E-state index in [0.29, 0.717) is 11.5 Å². The van der Waals surface area contributed by atoms with Gasteiger partial charge in [-0.05, 0) is 25.8 Å². The Morgan fingerprint density at radius 2 is 2.21 bits per heavy atom. The van der Waals surface area contributed by atoms with Gasteiger partial charge in [-0.3, -0.25) is 0 Å². The zero-order valence-electron chi connectivity index (χ0n) is 10.0. The molecule has 0 aromatic heterocycles. The zero-order valence-corrected chi connectivity index (χ0v) is 10.0. The molecule has 0 radical (unpaired) electrons. The van der Waals surface area contributed by atoms with Crippen molar-refractivity contribution in [1.82, 2.24) is 10.2 Å². The highest BCUT2D eigenvalue weighted by molar-refractivity contribution is 4.90. The number of hydrogen-bond donors (Lipinski definition) is 1. The minimum atomic E-state index is 0.492. The topological polar surface area (TPSA) is 15.3 Å². The summed E-state index contributed by atoms with van der Waals surface area (Å²) in [4.78, 5) is 2.37. The lowest BCUT2D eigenvalue weighted by Crippen LogP contribution is -2.35. The number of hydrogen-bond acceptors (Lipinski definition) is 2. The molecule has 14 heavy (non-hydrogen) atoms. The Balaban J connectivity index is 2.25. The van der Waals surface area contributed by atoms with Crippen molar-refractivity contribution < 1.29 is 0 Å². The second kappa shape index (κ2) is 4.94. The van der Waals surface area contributed by atoms with Gasteiger partial charge in [0.05, 0.1) is 0 Å². The van der Waals surface area contributed by atoms with Gasteiger partial charge < -0.3 is 10.2 Å². The first kappa shape index (κ1) is 11.7. The van der Waals surface area contributed by atoms with Crippen molar-refractivity contribution in [3.8, 4) is 0 Å². The van der Waals surface area contributed by atoms with E-state index in [1.165, 1.54) is 6.42 Å². The van der Waals surface area contributed by atoms with Gasteiger partial charge >= 0.3 is 0 Å². The highest BCUT2D eigenvalue weighted by atomic mass is 15.1. The van der Waals surface area contributed by atoms with Gasteiger partial charge in [0.15, 0.2) is 0 Å². The van der Waals surface area contributed by atoms with Crippen molar-refractivity contribution in [2.45, 2.75) is 33.2 Å². The highest BCUT2D eigenvalue weighted by Crippen LogP contribution is 2.27. The second-order valence-electron chi connectivity index (χ2n) is 5.24. The number of likely N-dealkylation sites (N-methyl/N-ethyl adjacent to an activating group) is 1. The third kappa shape index (κ3) is 3.81. The van der Waals surface area contributed by atoms with E-state index in [1.807, 2.05) is 0 Å². The lowest BCUT2D eigenvalue weighted by atomic mass is 9.90. The van der Waals surface area contributed by atoms with Gasteiger partial charge in [-0.2, -0.15) is 0 Å². The van der Waals surface area contributed by atoms with Gasteiger partial charge in [0.1, 0.15) is 0 Å². The van der Waals surface area contributed by atoms with Crippen molar-refractivity contribution in [1.29, 1.82) is 0 Å². The first-order chi connectivity index (χ1) is 6.53. The van der Waals surface area contributed by atoms with Crippen molar-refractivity contribution in [3.05, 3.63) is 12.2 Å². The Bertz CT molecular complexity index is 196. The van der Waals surface area contributed by atoms with Gasteiger partial charge in [-0.1, -0.05) is 26.0 Å². The molecule has 1 aliphatic rings. The maximum absolute atomic E-state index is 3.59. The van der Waals surface area contributed by atoms with Gasteiger partial charge in [0.2, 0.25) is 0 Å². The van der Waals surface area contributed by atoms with Crippen LogP contribution in [0.25, 0.3) is 0 Å². The molecule has 0 amide bonds. The molecule has 1 N–H and O–H groups in total. The second-order valence-corrected chi connectivity index (χ2v) is 5.24. The van der Waals surface area contributed by atoms with Crippen LogP contribution in [0, 0.1) is 5.41 Å². The summed E-state index contributed by atoms with van der Waals surface area (Å²) in [7, 11) is 2.19. The number of rotatable bonds is 4. The molecule has 0 aliphatic carbocycles. The van der Waals surface area contributed by atoms with E-state index >= 15 is 0 Å². The summed E-state index contributed by atoms with van der Waals surface area (Å²) in [5.41, 5.74) is 0.492. The molecule has 1 heterocycles. The lowest BCUT2D eigenvalue weighted by molar-refractivity contribution is 0.315. The summed E-state index contributed by atoms with van der Waals surface area (Å²) in [6.07, 6.45) is 5.62. The van der Waals surface area contributed by atoms with E-state index in [-0.39, 0.29) is 0 Å². The fraction of sp³-hybridized carbons (Fsp3) is 0.833. The van der Waals surface area contributed by atoms with Crippen LogP contribution in [-0.2, 0) is 0 Å². The molecule has 1 saturated heterocycles. The number of nitrogens with zero attached hydrogens (tertiary/aromatic N) is 1. The third-order valence-electron chi connectivity index (χ3n) is 2.85. The van der Waals surface area contributed by atoms with Gasteiger partial charge in [-0.15, -0.1) is 0 Å². The Morgan fingerprint density at radius 3 is 2.71 bits per heavy atom. The van der Waals surface area contributed by atoms with Crippen LogP contribution in [0.2, 0.25) is 0 Å². The summed E-state index contributed by atoms with van der Waals surface area (Å²) in [5, 5.41) is 3.59. The van der Waals surface area contributed by atoms with Gasteiger partial charge in [0.25, 0.3) is 0 Å². The molecule has 1 unspecified atom stereocenters. The molecule has 0 aromatic rings. The van der Waals surface area contributed by atoms with Crippen LogP contribution in [0.15, 0.2) is 12.2 Å². The van der Waals surface area contributed by atoms with Gasteiger partial charge in [0, 0.05) is 25.7 Å². The van der Waals surface area contributed by atoms with Crippen LogP contribution in [0.3, 0.4) is 0 Å². The Kier molecular flexibility index (Phi) is 4.14. The summed E-state index contributed by atoms with van der Waals surface area (Å²) in [6, 6.07) is 0.681. The van der Waals surface area contributed by atoms with Gasteiger partial charge in [-0.25, -0.2) is 0 Å². The van der Waals surface area contributed by atoms with E-state index in [9.17, 15) is 0 Å². The fourth-order valence-corrected chi connectivity index (χ4v) is 2.10. The first-order valence-electron chi connectivity index (χ1n) is 5.56. The van der Waals surface area contributed by atoms with Crippen molar-refractivity contribution in [3.63, 3.8) is 0 Å². The van der Waals surface area contributed by atoms with Crippen LogP contribution in [-0.4, -0.2) is 37.6 Å². The molecule has 0 bridgehead atoms. The lowest BCUT2D eigenvalue weighted by Gasteiger charge is -2.20. The van der Waals surface area contributed by atoms with E-state index in [4.69, 9.17) is 0 Å². The van der Waals surface area contributed by atoms with Crippen LogP contribution in [0.1, 0.15) is 27.2 Å². The molecule has 1 atom stereocenters. The minimum absolute atomic E-state index is 0.492. The average molecular weight is 196 g/mol. The quantitative estimate of drug-likeness (QED) is 0.691. The fourth-order valence-electron chi connectivity index (χ4n) is 2.10. The SMILES string of the molecule is C/C=C/CN(C)CC1CC(C)(C)CN1. The smallest absolute Gasteiger partial charge is 0.0200 e. The standard InChI is InChI=1S/C12H24N2/c1-5-6-7-14(4)9-11-8-12(2,3)10-13-11/h5-6,11,13H,7-10H2,1-4H3/b6-5+. The number of nitrogens with one attached hydrogen (secondary N) is 1. The monoisotopic (exact) mass is 196 g/mol.